The first-order valence-electron chi connectivity index (χ1n) is 7.49. The summed E-state index contributed by atoms with van der Waals surface area (Å²) >= 11 is 0. The highest BCUT2D eigenvalue weighted by Gasteiger charge is 2.48. The van der Waals surface area contributed by atoms with E-state index in [1.807, 2.05) is 0 Å². The number of hydrogen-bond acceptors (Lipinski definition) is 6. The summed E-state index contributed by atoms with van der Waals surface area (Å²) in [5, 5.41) is 0. The van der Waals surface area contributed by atoms with Crippen LogP contribution in [0.1, 0.15) is 11.1 Å². The molecule has 2 rings (SSSR count). The van der Waals surface area contributed by atoms with Gasteiger partial charge in [0.25, 0.3) is 0 Å². The standard InChI is InChI=1S/C17H15F3O6S/c1-24-16(21)9-13-7-14(25-11-12-5-3-2-4-6-12)10-15(8-13)26-27(22,23)17(18,19)20/h2-8,10H,9,11H2,1H3. The number of halogens is 3. The predicted molar refractivity (Wildman–Crippen MR) is 88.5 cm³/mol. The largest absolute Gasteiger partial charge is 0.534 e. The number of esters is 1. The first-order valence-corrected chi connectivity index (χ1v) is 8.90. The molecule has 0 saturated heterocycles. The lowest BCUT2D eigenvalue weighted by Crippen LogP contribution is -2.28. The Morgan fingerprint density at radius 1 is 1.00 bits per heavy atom. The Morgan fingerprint density at radius 2 is 1.63 bits per heavy atom. The summed E-state index contributed by atoms with van der Waals surface area (Å²) in [4.78, 5) is 11.4. The molecule has 0 spiro atoms. The molecule has 2 aromatic rings. The third kappa shape index (κ3) is 5.88. The fourth-order valence-electron chi connectivity index (χ4n) is 2.02. The van der Waals surface area contributed by atoms with Gasteiger partial charge in [-0.3, -0.25) is 4.79 Å². The molecule has 0 amide bonds. The van der Waals surface area contributed by atoms with Crippen LogP contribution in [0.2, 0.25) is 0 Å². The summed E-state index contributed by atoms with van der Waals surface area (Å²) in [6, 6.07) is 12.3. The highest BCUT2D eigenvalue weighted by molar-refractivity contribution is 7.88. The third-order valence-corrected chi connectivity index (χ3v) is 4.23. The maximum absolute atomic E-state index is 12.5. The van der Waals surface area contributed by atoms with Crippen LogP contribution >= 0.6 is 0 Å². The lowest BCUT2D eigenvalue weighted by molar-refractivity contribution is -0.139. The SMILES string of the molecule is COC(=O)Cc1cc(OCc2ccccc2)cc(OS(=O)(=O)C(F)(F)F)c1. The van der Waals surface area contributed by atoms with Crippen molar-refractivity contribution in [3.63, 3.8) is 0 Å². The van der Waals surface area contributed by atoms with Crippen LogP contribution in [0, 0.1) is 0 Å². The van der Waals surface area contributed by atoms with E-state index in [4.69, 9.17) is 4.74 Å². The summed E-state index contributed by atoms with van der Waals surface area (Å²) < 4.78 is 74.2. The van der Waals surface area contributed by atoms with Crippen LogP contribution in [0.25, 0.3) is 0 Å². The molecule has 0 aliphatic heterocycles. The van der Waals surface area contributed by atoms with Crippen LogP contribution in [0.3, 0.4) is 0 Å². The van der Waals surface area contributed by atoms with Gasteiger partial charge in [0.1, 0.15) is 18.1 Å². The second-order valence-electron chi connectivity index (χ2n) is 5.32. The molecule has 0 aliphatic carbocycles. The zero-order valence-corrected chi connectivity index (χ0v) is 14.8. The minimum atomic E-state index is -5.86. The molecule has 0 atom stereocenters. The first kappa shape index (κ1) is 20.6. The van der Waals surface area contributed by atoms with Crippen molar-refractivity contribution in [3.8, 4) is 11.5 Å². The molecule has 0 heterocycles. The van der Waals surface area contributed by atoms with Crippen LogP contribution in [0.5, 0.6) is 11.5 Å². The maximum Gasteiger partial charge on any atom is 0.534 e. The first-order chi connectivity index (χ1) is 12.6. The molecule has 0 aliphatic rings. The average Bonchev–Trinajstić information content (AvgIpc) is 2.59. The summed E-state index contributed by atoms with van der Waals surface area (Å²) in [5.41, 5.74) is -4.64. The van der Waals surface area contributed by atoms with Gasteiger partial charge in [0, 0.05) is 6.07 Å². The van der Waals surface area contributed by atoms with Crippen LogP contribution in [-0.2, 0) is 32.7 Å². The van der Waals surface area contributed by atoms with E-state index >= 15 is 0 Å². The molecule has 0 saturated carbocycles. The molecular weight excluding hydrogens is 389 g/mol. The Morgan fingerprint density at radius 3 is 2.22 bits per heavy atom. The highest BCUT2D eigenvalue weighted by atomic mass is 32.2. The fraction of sp³-hybridized carbons (Fsp3) is 0.235. The number of ether oxygens (including phenoxy) is 2. The fourth-order valence-corrected chi connectivity index (χ4v) is 2.46. The van der Waals surface area contributed by atoms with E-state index in [0.717, 1.165) is 24.8 Å². The minimum Gasteiger partial charge on any atom is -0.489 e. The third-order valence-electron chi connectivity index (χ3n) is 3.25. The molecule has 0 aromatic heterocycles. The molecule has 27 heavy (non-hydrogen) atoms. The Hall–Kier alpha value is -2.75. The molecule has 0 bridgehead atoms. The normalized spacial score (nSPS) is 11.7. The van der Waals surface area contributed by atoms with Gasteiger partial charge in [-0.15, -0.1) is 0 Å². The second-order valence-corrected chi connectivity index (χ2v) is 6.86. The molecule has 0 radical (unpaired) electrons. The number of carbonyl (C=O) groups is 1. The number of carbonyl (C=O) groups excluding carboxylic acids is 1. The van der Waals surface area contributed by atoms with Gasteiger partial charge >= 0.3 is 21.6 Å². The number of hydrogen-bond donors (Lipinski definition) is 0. The van der Waals surface area contributed by atoms with E-state index in [1.165, 1.54) is 6.07 Å². The number of benzene rings is 2. The van der Waals surface area contributed by atoms with E-state index in [2.05, 4.69) is 8.92 Å². The molecule has 6 nitrogen and oxygen atoms in total. The minimum absolute atomic E-state index is 0.0348. The van der Waals surface area contributed by atoms with Gasteiger partial charge in [0.15, 0.2) is 0 Å². The lowest BCUT2D eigenvalue weighted by Gasteiger charge is -2.13. The highest BCUT2D eigenvalue weighted by Crippen LogP contribution is 2.30. The van der Waals surface area contributed by atoms with Crippen molar-refractivity contribution in [1.82, 2.24) is 0 Å². The number of rotatable bonds is 7. The molecular formula is C17H15F3O6S. The van der Waals surface area contributed by atoms with E-state index in [-0.39, 0.29) is 24.3 Å². The molecule has 0 fully saturated rings. The Balaban J connectivity index is 2.29. The van der Waals surface area contributed by atoms with Crippen LogP contribution < -0.4 is 8.92 Å². The van der Waals surface area contributed by atoms with Crippen LogP contribution in [0.4, 0.5) is 13.2 Å². The Bertz CT molecular complexity index is 895. The Kier molecular flexibility index (Phi) is 6.32. The second kappa shape index (κ2) is 8.30. The molecule has 146 valence electrons. The average molecular weight is 404 g/mol. The van der Waals surface area contributed by atoms with Crippen molar-refractivity contribution < 1.29 is 40.0 Å². The summed E-state index contributed by atoms with van der Waals surface area (Å²) in [6.07, 6.45) is -0.304. The quantitative estimate of drug-likeness (QED) is 0.401. The molecule has 10 heteroatoms. The molecule has 2 aromatic carbocycles. The van der Waals surface area contributed by atoms with Gasteiger partial charge in [-0.05, 0) is 23.3 Å². The summed E-state index contributed by atoms with van der Waals surface area (Å²) in [5.74, 6) is -1.26. The maximum atomic E-state index is 12.5. The summed E-state index contributed by atoms with van der Waals surface area (Å²) in [7, 11) is -4.71. The van der Waals surface area contributed by atoms with E-state index in [1.54, 1.807) is 30.3 Å². The molecule has 0 unspecified atom stereocenters. The van der Waals surface area contributed by atoms with Gasteiger partial charge in [0.2, 0.25) is 0 Å². The van der Waals surface area contributed by atoms with Gasteiger partial charge in [-0.25, -0.2) is 0 Å². The predicted octanol–water partition coefficient (Wildman–Crippen LogP) is 3.21. The van der Waals surface area contributed by atoms with Gasteiger partial charge in [-0.1, -0.05) is 30.3 Å². The van der Waals surface area contributed by atoms with Crippen LogP contribution in [-0.4, -0.2) is 27.0 Å². The monoisotopic (exact) mass is 404 g/mol. The van der Waals surface area contributed by atoms with E-state index < -0.39 is 27.3 Å². The van der Waals surface area contributed by atoms with Gasteiger partial charge in [-0.2, -0.15) is 21.6 Å². The number of alkyl halides is 3. The topological polar surface area (TPSA) is 78.9 Å². The van der Waals surface area contributed by atoms with Crippen molar-refractivity contribution in [3.05, 3.63) is 59.7 Å². The number of methoxy groups -OCH3 is 1. The smallest absolute Gasteiger partial charge is 0.489 e. The summed E-state index contributed by atoms with van der Waals surface area (Å²) in [6.45, 7) is 0.0774. The van der Waals surface area contributed by atoms with Crippen molar-refractivity contribution in [2.75, 3.05) is 7.11 Å². The lowest BCUT2D eigenvalue weighted by atomic mass is 10.1. The van der Waals surface area contributed by atoms with Crippen molar-refractivity contribution >= 4 is 16.1 Å². The zero-order valence-electron chi connectivity index (χ0n) is 14.0. The molecule has 0 N–H and O–H groups in total. The van der Waals surface area contributed by atoms with Crippen LogP contribution in [0.15, 0.2) is 48.5 Å². The van der Waals surface area contributed by atoms with E-state index in [0.29, 0.717) is 0 Å². The van der Waals surface area contributed by atoms with Gasteiger partial charge in [0.05, 0.1) is 13.5 Å². The van der Waals surface area contributed by atoms with Crippen molar-refractivity contribution in [1.29, 1.82) is 0 Å². The zero-order chi connectivity index (χ0) is 20.1. The van der Waals surface area contributed by atoms with Crippen molar-refractivity contribution in [2.24, 2.45) is 0 Å². The van der Waals surface area contributed by atoms with Crippen molar-refractivity contribution in [2.45, 2.75) is 18.5 Å². The van der Waals surface area contributed by atoms with E-state index in [9.17, 15) is 26.4 Å². The Labute approximate surface area is 153 Å². The van der Waals surface area contributed by atoms with Gasteiger partial charge < -0.3 is 13.7 Å².